The number of hydrogen-bond donors (Lipinski definition) is 1. The van der Waals surface area contributed by atoms with Crippen molar-refractivity contribution < 1.29 is 9.47 Å². The van der Waals surface area contributed by atoms with E-state index in [2.05, 4.69) is 68.6 Å². The van der Waals surface area contributed by atoms with Gasteiger partial charge in [0.15, 0.2) is 6.23 Å². The minimum Gasteiger partial charge on any atom is -0.497 e. The molecular weight excluding hydrogens is 310 g/mol. The van der Waals surface area contributed by atoms with Gasteiger partial charge in [-0.25, -0.2) is 0 Å². The maximum absolute atomic E-state index is 6.12. The molecule has 1 atom stereocenters. The van der Waals surface area contributed by atoms with Gasteiger partial charge in [0.05, 0.1) is 12.8 Å². The SMILES string of the molecule is COc1ccc2cc(C3Nc4cc(C(C)(C)C)ccc4O3)ccc2c1. The van der Waals surface area contributed by atoms with Gasteiger partial charge in [-0.05, 0) is 52.1 Å². The number of nitrogens with one attached hydrogen (secondary N) is 1. The first kappa shape index (κ1) is 15.8. The van der Waals surface area contributed by atoms with E-state index >= 15 is 0 Å². The highest BCUT2D eigenvalue weighted by Gasteiger charge is 2.25. The maximum atomic E-state index is 6.12. The van der Waals surface area contributed by atoms with E-state index in [1.165, 1.54) is 10.9 Å². The standard InChI is InChI=1S/C22H23NO2/c1-22(2,3)17-8-10-20-19(13-17)23-21(25-20)16-6-5-15-12-18(24-4)9-7-14(15)11-16/h5-13,21,23H,1-4H3. The molecule has 0 saturated heterocycles. The first-order valence-corrected chi connectivity index (χ1v) is 8.59. The van der Waals surface area contributed by atoms with Gasteiger partial charge >= 0.3 is 0 Å². The molecule has 0 aromatic heterocycles. The summed E-state index contributed by atoms with van der Waals surface area (Å²) >= 11 is 0. The van der Waals surface area contributed by atoms with Crippen LogP contribution in [0.3, 0.4) is 0 Å². The minimum absolute atomic E-state index is 0.122. The van der Waals surface area contributed by atoms with E-state index < -0.39 is 0 Å². The predicted molar refractivity (Wildman–Crippen MR) is 103 cm³/mol. The third-order valence-electron chi connectivity index (χ3n) is 4.75. The van der Waals surface area contributed by atoms with E-state index in [-0.39, 0.29) is 11.6 Å². The lowest BCUT2D eigenvalue weighted by molar-refractivity contribution is 0.260. The minimum atomic E-state index is -0.156. The van der Waals surface area contributed by atoms with Crippen molar-refractivity contribution in [3.05, 3.63) is 65.7 Å². The van der Waals surface area contributed by atoms with Gasteiger partial charge in [0.1, 0.15) is 11.5 Å². The summed E-state index contributed by atoms with van der Waals surface area (Å²) in [5.41, 5.74) is 3.60. The van der Waals surface area contributed by atoms with Gasteiger partial charge in [-0.1, -0.05) is 45.0 Å². The molecule has 4 rings (SSSR count). The van der Waals surface area contributed by atoms with E-state index in [0.29, 0.717) is 0 Å². The molecule has 0 bridgehead atoms. The monoisotopic (exact) mass is 333 g/mol. The van der Waals surface area contributed by atoms with Crippen molar-refractivity contribution in [2.45, 2.75) is 32.4 Å². The fraction of sp³-hybridized carbons (Fsp3) is 0.273. The number of anilines is 1. The molecule has 1 unspecified atom stereocenters. The Morgan fingerprint density at radius 2 is 1.68 bits per heavy atom. The predicted octanol–water partition coefficient (Wildman–Crippen LogP) is 5.65. The quantitative estimate of drug-likeness (QED) is 0.657. The number of fused-ring (bicyclic) bond motifs is 2. The van der Waals surface area contributed by atoms with E-state index in [4.69, 9.17) is 9.47 Å². The van der Waals surface area contributed by atoms with Crippen LogP contribution in [-0.2, 0) is 5.41 Å². The molecule has 0 radical (unpaired) electrons. The van der Waals surface area contributed by atoms with Crippen LogP contribution in [0.2, 0.25) is 0 Å². The first-order chi connectivity index (χ1) is 11.9. The van der Waals surface area contributed by atoms with Gasteiger partial charge in [0.2, 0.25) is 0 Å². The number of benzene rings is 3. The maximum Gasteiger partial charge on any atom is 0.196 e. The second kappa shape index (κ2) is 5.69. The molecule has 3 aromatic carbocycles. The number of methoxy groups -OCH3 is 1. The molecule has 0 fully saturated rings. The molecule has 128 valence electrons. The summed E-state index contributed by atoms with van der Waals surface area (Å²) in [4.78, 5) is 0. The normalized spacial score (nSPS) is 16.2. The average Bonchev–Trinajstić information content (AvgIpc) is 3.03. The van der Waals surface area contributed by atoms with E-state index in [9.17, 15) is 0 Å². The Hall–Kier alpha value is -2.68. The zero-order valence-corrected chi connectivity index (χ0v) is 15.1. The third kappa shape index (κ3) is 2.91. The zero-order valence-electron chi connectivity index (χ0n) is 15.1. The molecule has 25 heavy (non-hydrogen) atoms. The molecule has 0 saturated carbocycles. The van der Waals surface area contributed by atoms with Gasteiger partial charge in [-0.3, -0.25) is 0 Å². The van der Waals surface area contributed by atoms with Crippen LogP contribution in [0.5, 0.6) is 11.5 Å². The van der Waals surface area contributed by atoms with Crippen molar-refractivity contribution in [3.8, 4) is 11.5 Å². The number of rotatable bonds is 2. The van der Waals surface area contributed by atoms with Crippen molar-refractivity contribution in [2.24, 2.45) is 0 Å². The number of hydrogen-bond acceptors (Lipinski definition) is 3. The van der Waals surface area contributed by atoms with Crippen LogP contribution >= 0.6 is 0 Å². The van der Waals surface area contributed by atoms with E-state index in [1.54, 1.807) is 7.11 Å². The number of ether oxygens (including phenoxy) is 2. The Morgan fingerprint density at radius 1 is 0.920 bits per heavy atom. The molecule has 3 heteroatoms. The molecule has 0 aliphatic carbocycles. The molecule has 0 spiro atoms. The largest absolute Gasteiger partial charge is 0.497 e. The Labute approximate surface area is 148 Å². The fourth-order valence-electron chi connectivity index (χ4n) is 3.19. The fourth-order valence-corrected chi connectivity index (χ4v) is 3.19. The highest BCUT2D eigenvalue weighted by Crippen LogP contribution is 2.40. The molecule has 1 heterocycles. The molecule has 3 aromatic rings. The van der Waals surface area contributed by atoms with Crippen LogP contribution in [-0.4, -0.2) is 7.11 Å². The summed E-state index contributed by atoms with van der Waals surface area (Å²) in [5, 5.41) is 5.84. The van der Waals surface area contributed by atoms with E-state index in [1.807, 2.05) is 12.1 Å². The van der Waals surface area contributed by atoms with Gasteiger partial charge in [-0.2, -0.15) is 0 Å². The van der Waals surface area contributed by atoms with Crippen LogP contribution in [0, 0.1) is 0 Å². The van der Waals surface area contributed by atoms with Crippen LogP contribution in [0.4, 0.5) is 5.69 Å². The third-order valence-corrected chi connectivity index (χ3v) is 4.75. The summed E-state index contributed by atoms with van der Waals surface area (Å²) in [6, 6.07) is 18.9. The van der Waals surface area contributed by atoms with Gasteiger partial charge in [0.25, 0.3) is 0 Å². The zero-order chi connectivity index (χ0) is 17.6. The second-order valence-corrected chi connectivity index (χ2v) is 7.58. The van der Waals surface area contributed by atoms with Crippen LogP contribution in [0.15, 0.2) is 54.6 Å². The highest BCUT2D eigenvalue weighted by atomic mass is 16.5. The Bertz CT molecular complexity index is 940. The summed E-state index contributed by atoms with van der Waals surface area (Å²) in [5.74, 6) is 1.78. The highest BCUT2D eigenvalue weighted by molar-refractivity contribution is 5.84. The Kier molecular flexibility index (Phi) is 3.60. The van der Waals surface area contributed by atoms with Gasteiger partial charge in [0, 0.05) is 5.56 Å². The summed E-state index contributed by atoms with van der Waals surface area (Å²) < 4.78 is 11.4. The summed E-state index contributed by atoms with van der Waals surface area (Å²) in [7, 11) is 1.69. The molecule has 1 aliphatic heterocycles. The van der Waals surface area contributed by atoms with Crippen LogP contribution in [0.25, 0.3) is 10.8 Å². The van der Waals surface area contributed by atoms with E-state index in [0.717, 1.165) is 28.1 Å². The van der Waals surface area contributed by atoms with Crippen LogP contribution in [0.1, 0.15) is 38.1 Å². The van der Waals surface area contributed by atoms with Crippen molar-refractivity contribution in [1.29, 1.82) is 0 Å². The van der Waals surface area contributed by atoms with Gasteiger partial charge < -0.3 is 14.8 Å². The smallest absolute Gasteiger partial charge is 0.196 e. The Morgan fingerprint density at radius 3 is 2.44 bits per heavy atom. The van der Waals surface area contributed by atoms with Crippen molar-refractivity contribution in [1.82, 2.24) is 0 Å². The lowest BCUT2D eigenvalue weighted by atomic mass is 9.87. The molecule has 0 amide bonds. The molecule has 3 nitrogen and oxygen atoms in total. The van der Waals surface area contributed by atoms with Gasteiger partial charge in [-0.15, -0.1) is 0 Å². The lowest BCUT2D eigenvalue weighted by Crippen LogP contribution is -2.11. The summed E-state index contributed by atoms with van der Waals surface area (Å²) in [6.07, 6.45) is -0.156. The Balaban J connectivity index is 1.64. The molecule has 1 N–H and O–H groups in total. The molecule has 1 aliphatic rings. The van der Waals surface area contributed by atoms with Crippen molar-refractivity contribution in [3.63, 3.8) is 0 Å². The summed E-state index contributed by atoms with van der Waals surface area (Å²) in [6.45, 7) is 6.67. The topological polar surface area (TPSA) is 30.5 Å². The average molecular weight is 333 g/mol. The first-order valence-electron chi connectivity index (χ1n) is 8.59. The van der Waals surface area contributed by atoms with Crippen molar-refractivity contribution in [2.75, 3.05) is 12.4 Å². The van der Waals surface area contributed by atoms with Crippen molar-refractivity contribution >= 4 is 16.5 Å². The second-order valence-electron chi connectivity index (χ2n) is 7.58. The molecular formula is C22H23NO2. The lowest BCUT2D eigenvalue weighted by Gasteiger charge is -2.19. The van der Waals surface area contributed by atoms with Crippen LogP contribution < -0.4 is 14.8 Å².